The maximum Gasteiger partial charge on any atom is 0.233 e. The molecule has 1 rings (SSSR count). The van der Waals surface area contributed by atoms with Crippen LogP contribution in [0, 0.1) is 12.8 Å². The number of hydrogen-bond donors (Lipinski definition) is 2. The quantitative estimate of drug-likeness (QED) is 0.760. The van der Waals surface area contributed by atoms with Crippen LogP contribution in [0.2, 0.25) is 0 Å². The van der Waals surface area contributed by atoms with Gasteiger partial charge in [0.05, 0.1) is 12.7 Å². The van der Waals surface area contributed by atoms with Gasteiger partial charge >= 0.3 is 0 Å². The molecule has 0 saturated carbocycles. The first-order chi connectivity index (χ1) is 8.50. The summed E-state index contributed by atoms with van der Waals surface area (Å²) in [6, 6.07) is 0. The zero-order valence-electron chi connectivity index (χ0n) is 11.8. The zero-order chi connectivity index (χ0) is 13.5. The van der Waals surface area contributed by atoms with Crippen LogP contribution in [0.25, 0.3) is 0 Å². The predicted molar refractivity (Wildman–Crippen MR) is 72.1 cm³/mol. The lowest BCUT2D eigenvalue weighted by Crippen LogP contribution is -2.34. The van der Waals surface area contributed by atoms with Gasteiger partial charge in [-0.3, -0.25) is 9.48 Å². The van der Waals surface area contributed by atoms with Gasteiger partial charge in [0.25, 0.3) is 0 Å². The molecule has 2 N–H and O–H groups in total. The predicted octanol–water partition coefficient (Wildman–Crippen LogP) is 0.980. The van der Waals surface area contributed by atoms with Crippen molar-refractivity contribution in [3.63, 3.8) is 0 Å². The van der Waals surface area contributed by atoms with Crippen molar-refractivity contribution in [1.82, 2.24) is 20.4 Å². The summed E-state index contributed by atoms with van der Waals surface area (Å²) in [4.78, 5) is 11.5. The SMILES string of the molecule is Cc1c(CNCC(=O)NCCC(C)C)cnn1C. The van der Waals surface area contributed by atoms with E-state index in [1.807, 2.05) is 24.9 Å². The lowest BCUT2D eigenvalue weighted by molar-refractivity contribution is -0.120. The largest absolute Gasteiger partial charge is 0.355 e. The first-order valence-electron chi connectivity index (χ1n) is 6.45. The first kappa shape index (κ1) is 14.7. The van der Waals surface area contributed by atoms with Crippen LogP contribution in [0.1, 0.15) is 31.5 Å². The van der Waals surface area contributed by atoms with E-state index >= 15 is 0 Å². The van der Waals surface area contributed by atoms with Crippen molar-refractivity contribution in [2.75, 3.05) is 13.1 Å². The Hall–Kier alpha value is -1.36. The lowest BCUT2D eigenvalue weighted by Gasteiger charge is -2.08. The molecule has 0 unspecified atom stereocenters. The van der Waals surface area contributed by atoms with Gasteiger partial charge in [-0.2, -0.15) is 5.10 Å². The van der Waals surface area contributed by atoms with E-state index in [0.29, 0.717) is 19.0 Å². The van der Waals surface area contributed by atoms with Crippen LogP contribution in [0.3, 0.4) is 0 Å². The average molecular weight is 252 g/mol. The molecule has 0 atom stereocenters. The average Bonchev–Trinajstić information content (AvgIpc) is 2.60. The van der Waals surface area contributed by atoms with Crippen LogP contribution in [-0.4, -0.2) is 28.8 Å². The number of aromatic nitrogens is 2. The Morgan fingerprint density at radius 3 is 2.78 bits per heavy atom. The van der Waals surface area contributed by atoms with Crippen molar-refractivity contribution in [2.24, 2.45) is 13.0 Å². The van der Waals surface area contributed by atoms with Crippen LogP contribution >= 0.6 is 0 Å². The van der Waals surface area contributed by atoms with E-state index in [9.17, 15) is 4.79 Å². The highest BCUT2D eigenvalue weighted by Gasteiger charge is 2.05. The third-order valence-corrected chi connectivity index (χ3v) is 2.98. The lowest BCUT2D eigenvalue weighted by atomic mass is 10.1. The molecule has 0 aliphatic carbocycles. The highest BCUT2D eigenvalue weighted by molar-refractivity contribution is 5.77. The van der Waals surface area contributed by atoms with Gasteiger partial charge in [0, 0.05) is 31.4 Å². The summed E-state index contributed by atoms with van der Waals surface area (Å²) < 4.78 is 1.83. The Balaban J connectivity index is 2.17. The number of hydrogen-bond acceptors (Lipinski definition) is 3. The van der Waals surface area contributed by atoms with Crippen molar-refractivity contribution in [2.45, 2.75) is 33.7 Å². The molecule has 1 heterocycles. The molecule has 1 aromatic heterocycles. The molecule has 0 aliphatic heterocycles. The fourth-order valence-corrected chi connectivity index (χ4v) is 1.59. The monoisotopic (exact) mass is 252 g/mol. The molecule has 1 aromatic rings. The van der Waals surface area contributed by atoms with E-state index in [2.05, 4.69) is 29.6 Å². The van der Waals surface area contributed by atoms with Gasteiger partial charge in [-0.15, -0.1) is 0 Å². The van der Waals surface area contributed by atoms with Crippen molar-refractivity contribution in [3.8, 4) is 0 Å². The topological polar surface area (TPSA) is 59.0 Å². The molecule has 0 saturated heterocycles. The van der Waals surface area contributed by atoms with Crippen molar-refractivity contribution in [3.05, 3.63) is 17.5 Å². The maximum absolute atomic E-state index is 11.5. The minimum absolute atomic E-state index is 0.0530. The fraction of sp³-hybridized carbons (Fsp3) is 0.692. The van der Waals surface area contributed by atoms with Gasteiger partial charge in [-0.05, 0) is 19.3 Å². The van der Waals surface area contributed by atoms with E-state index in [4.69, 9.17) is 0 Å². The molecule has 0 aromatic carbocycles. The Bertz CT molecular complexity index is 384. The molecule has 18 heavy (non-hydrogen) atoms. The first-order valence-corrected chi connectivity index (χ1v) is 6.45. The van der Waals surface area contributed by atoms with Gasteiger partial charge in [0.1, 0.15) is 0 Å². The fourth-order valence-electron chi connectivity index (χ4n) is 1.59. The molecule has 102 valence electrons. The molecular formula is C13H24N4O. The second kappa shape index (κ2) is 7.16. The Morgan fingerprint density at radius 2 is 2.22 bits per heavy atom. The Morgan fingerprint density at radius 1 is 1.50 bits per heavy atom. The summed E-state index contributed by atoms with van der Waals surface area (Å²) in [7, 11) is 1.91. The normalized spacial score (nSPS) is 10.9. The summed E-state index contributed by atoms with van der Waals surface area (Å²) >= 11 is 0. The van der Waals surface area contributed by atoms with E-state index in [-0.39, 0.29) is 5.91 Å². The zero-order valence-corrected chi connectivity index (χ0v) is 11.8. The number of rotatable bonds is 7. The van der Waals surface area contributed by atoms with Gasteiger partial charge < -0.3 is 10.6 Å². The number of nitrogens with zero attached hydrogens (tertiary/aromatic N) is 2. The number of amides is 1. The van der Waals surface area contributed by atoms with Crippen LogP contribution in [-0.2, 0) is 18.4 Å². The maximum atomic E-state index is 11.5. The Labute approximate surface area is 109 Å². The van der Waals surface area contributed by atoms with E-state index in [1.54, 1.807) is 0 Å². The number of aryl methyl sites for hydroxylation is 1. The number of carbonyl (C=O) groups is 1. The molecule has 0 spiro atoms. The van der Waals surface area contributed by atoms with Crippen LogP contribution in [0.4, 0.5) is 0 Å². The van der Waals surface area contributed by atoms with Crippen LogP contribution < -0.4 is 10.6 Å². The van der Waals surface area contributed by atoms with Gasteiger partial charge in [0.2, 0.25) is 5.91 Å². The molecule has 0 fully saturated rings. The van der Waals surface area contributed by atoms with Crippen molar-refractivity contribution < 1.29 is 4.79 Å². The van der Waals surface area contributed by atoms with E-state index < -0.39 is 0 Å². The standard InChI is InChI=1S/C13H24N4O/c1-10(2)5-6-15-13(18)9-14-7-12-8-16-17(4)11(12)3/h8,10,14H,5-7,9H2,1-4H3,(H,15,18). The number of carbonyl (C=O) groups excluding carboxylic acids is 1. The highest BCUT2D eigenvalue weighted by atomic mass is 16.1. The molecular weight excluding hydrogens is 228 g/mol. The molecule has 0 bridgehead atoms. The Kier molecular flexibility index (Phi) is 5.85. The smallest absolute Gasteiger partial charge is 0.233 e. The van der Waals surface area contributed by atoms with E-state index in [0.717, 1.165) is 24.2 Å². The molecule has 0 aliphatic rings. The summed E-state index contributed by atoms with van der Waals surface area (Å²) in [6.45, 7) is 8.10. The molecule has 1 amide bonds. The van der Waals surface area contributed by atoms with Gasteiger partial charge in [-0.1, -0.05) is 13.8 Å². The highest BCUT2D eigenvalue weighted by Crippen LogP contribution is 2.04. The second-order valence-corrected chi connectivity index (χ2v) is 5.01. The summed E-state index contributed by atoms with van der Waals surface area (Å²) in [6.07, 6.45) is 2.85. The third kappa shape index (κ3) is 4.87. The summed E-state index contributed by atoms with van der Waals surface area (Å²) in [5, 5.41) is 10.2. The van der Waals surface area contributed by atoms with Crippen LogP contribution in [0.15, 0.2) is 6.20 Å². The van der Waals surface area contributed by atoms with Crippen molar-refractivity contribution in [1.29, 1.82) is 0 Å². The van der Waals surface area contributed by atoms with E-state index in [1.165, 1.54) is 0 Å². The molecule has 5 heteroatoms. The minimum atomic E-state index is 0.0530. The second-order valence-electron chi connectivity index (χ2n) is 5.01. The molecule has 0 radical (unpaired) electrons. The van der Waals surface area contributed by atoms with Gasteiger partial charge in [0.15, 0.2) is 0 Å². The third-order valence-electron chi connectivity index (χ3n) is 2.98. The minimum Gasteiger partial charge on any atom is -0.355 e. The number of nitrogens with one attached hydrogen (secondary N) is 2. The summed E-state index contributed by atoms with van der Waals surface area (Å²) in [5.41, 5.74) is 2.26. The molecule has 5 nitrogen and oxygen atoms in total. The van der Waals surface area contributed by atoms with Crippen LogP contribution in [0.5, 0.6) is 0 Å². The van der Waals surface area contributed by atoms with Gasteiger partial charge in [-0.25, -0.2) is 0 Å². The summed E-state index contributed by atoms with van der Waals surface area (Å²) in [5.74, 6) is 0.675. The van der Waals surface area contributed by atoms with Crippen molar-refractivity contribution >= 4 is 5.91 Å².